The van der Waals surface area contributed by atoms with Crippen molar-refractivity contribution in [2.45, 2.75) is 11.9 Å². The predicted octanol–water partition coefficient (Wildman–Crippen LogP) is 0.646. The van der Waals surface area contributed by atoms with Crippen LogP contribution in [-0.4, -0.2) is 23.2 Å². The van der Waals surface area contributed by atoms with E-state index in [2.05, 4.69) is 14.8 Å². The molecule has 0 aromatic carbocycles. The number of pyridine rings is 1. The number of sulfonamides is 1. The minimum absolute atomic E-state index is 0.0718. The first-order valence-corrected chi connectivity index (χ1v) is 6.73. The summed E-state index contributed by atoms with van der Waals surface area (Å²) >= 11 is 0. The molecule has 0 spiro atoms. The molecule has 19 heavy (non-hydrogen) atoms. The Hall–Kier alpha value is -2.16. The third kappa shape index (κ3) is 2.36. The van der Waals surface area contributed by atoms with Gasteiger partial charge in [0.05, 0.1) is 11.4 Å². The van der Waals surface area contributed by atoms with Crippen molar-refractivity contribution in [3.05, 3.63) is 29.8 Å². The maximum Gasteiger partial charge on any atom is 0.283 e. The van der Waals surface area contributed by atoms with Gasteiger partial charge in [0.1, 0.15) is 0 Å². The van der Waals surface area contributed by atoms with Crippen LogP contribution in [0.3, 0.4) is 0 Å². The summed E-state index contributed by atoms with van der Waals surface area (Å²) in [7, 11) is -2.63. The largest absolute Gasteiger partial charge is 0.394 e. The quantitative estimate of drug-likeness (QED) is 0.861. The molecule has 2 aromatic heterocycles. The Labute approximate surface area is 109 Å². The molecule has 0 saturated carbocycles. The lowest BCUT2D eigenvalue weighted by molar-refractivity contribution is 0.556. The first-order valence-electron chi connectivity index (χ1n) is 5.25. The lowest BCUT2D eigenvalue weighted by atomic mass is 10.4. The van der Waals surface area contributed by atoms with E-state index in [1.54, 1.807) is 6.92 Å². The van der Waals surface area contributed by atoms with Crippen molar-refractivity contribution >= 4 is 21.5 Å². The van der Waals surface area contributed by atoms with Crippen LogP contribution < -0.4 is 10.5 Å². The zero-order valence-electron chi connectivity index (χ0n) is 10.3. The molecule has 102 valence electrons. The summed E-state index contributed by atoms with van der Waals surface area (Å²) in [5.74, 6) is -0.866. The van der Waals surface area contributed by atoms with Crippen molar-refractivity contribution in [1.82, 2.24) is 14.8 Å². The van der Waals surface area contributed by atoms with Gasteiger partial charge >= 0.3 is 0 Å². The van der Waals surface area contributed by atoms with Crippen LogP contribution >= 0.6 is 0 Å². The summed E-state index contributed by atoms with van der Waals surface area (Å²) in [5, 5.41) is 3.27. The van der Waals surface area contributed by atoms with Crippen LogP contribution in [0, 0.1) is 12.7 Å². The fourth-order valence-corrected chi connectivity index (χ4v) is 2.66. The second-order valence-electron chi connectivity index (χ2n) is 3.87. The predicted molar refractivity (Wildman–Crippen MR) is 67.4 cm³/mol. The smallest absolute Gasteiger partial charge is 0.283 e. The molecule has 9 heteroatoms. The molecule has 0 aliphatic carbocycles. The van der Waals surface area contributed by atoms with E-state index in [0.717, 1.165) is 6.07 Å². The summed E-state index contributed by atoms with van der Waals surface area (Å²) in [6, 6.07) is 2.32. The van der Waals surface area contributed by atoms with E-state index in [0.29, 0.717) is 5.69 Å². The number of aromatic nitrogens is 3. The molecule has 0 amide bonds. The Morgan fingerprint density at radius 3 is 2.68 bits per heavy atom. The Balaban J connectivity index is 2.46. The third-order valence-electron chi connectivity index (χ3n) is 2.48. The first kappa shape index (κ1) is 13.3. The summed E-state index contributed by atoms with van der Waals surface area (Å²) in [4.78, 5) is 3.52. The molecular formula is C10H12FN5O2S. The highest BCUT2D eigenvalue weighted by Crippen LogP contribution is 2.24. The topological polar surface area (TPSA) is 103 Å². The molecular weight excluding hydrogens is 273 g/mol. The minimum atomic E-state index is -4.15. The standard InChI is InChI=1S/C10H12FN5O2S/c1-6-8(12)9(16(2)14-6)15-19(17,18)10-7(11)4-3-5-13-10/h3-5,15H,12H2,1-2H3. The number of aryl methyl sites for hydroxylation is 2. The van der Waals surface area contributed by atoms with Crippen molar-refractivity contribution in [3.8, 4) is 0 Å². The average molecular weight is 285 g/mol. The van der Waals surface area contributed by atoms with Crippen LogP contribution in [0.5, 0.6) is 0 Å². The summed E-state index contributed by atoms with van der Waals surface area (Å²) in [5.41, 5.74) is 6.36. The van der Waals surface area contributed by atoms with Gasteiger partial charge in [0.25, 0.3) is 10.0 Å². The number of nitrogens with one attached hydrogen (secondary N) is 1. The molecule has 2 aromatic rings. The fourth-order valence-electron chi connectivity index (χ4n) is 1.54. The van der Waals surface area contributed by atoms with E-state index < -0.39 is 20.9 Å². The highest BCUT2D eigenvalue weighted by atomic mass is 32.2. The van der Waals surface area contributed by atoms with Crippen molar-refractivity contribution in [1.29, 1.82) is 0 Å². The molecule has 0 fully saturated rings. The van der Waals surface area contributed by atoms with Crippen LogP contribution in [0.4, 0.5) is 15.9 Å². The normalized spacial score (nSPS) is 11.5. The van der Waals surface area contributed by atoms with Gasteiger partial charge in [0, 0.05) is 13.2 Å². The molecule has 0 unspecified atom stereocenters. The Morgan fingerprint density at radius 2 is 2.16 bits per heavy atom. The lowest BCUT2D eigenvalue weighted by Gasteiger charge is -2.08. The number of anilines is 2. The van der Waals surface area contributed by atoms with Gasteiger partial charge in [0.2, 0.25) is 5.03 Å². The van der Waals surface area contributed by atoms with Gasteiger partial charge in [0.15, 0.2) is 11.6 Å². The third-order valence-corrected chi connectivity index (χ3v) is 3.75. The van der Waals surface area contributed by atoms with Crippen LogP contribution in [0.15, 0.2) is 23.4 Å². The molecule has 2 rings (SSSR count). The number of rotatable bonds is 3. The number of nitrogens with zero attached hydrogens (tertiary/aromatic N) is 3. The highest BCUT2D eigenvalue weighted by Gasteiger charge is 2.23. The second-order valence-corrected chi connectivity index (χ2v) is 5.46. The average Bonchev–Trinajstić information content (AvgIpc) is 2.56. The van der Waals surface area contributed by atoms with Crippen LogP contribution in [0.1, 0.15) is 5.69 Å². The van der Waals surface area contributed by atoms with Crippen LogP contribution in [-0.2, 0) is 17.1 Å². The van der Waals surface area contributed by atoms with Crippen molar-refractivity contribution in [2.24, 2.45) is 7.05 Å². The molecule has 0 aliphatic rings. The van der Waals surface area contributed by atoms with E-state index in [1.807, 2.05) is 0 Å². The number of halogens is 1. The van der Waals surface area contributed by atoms with Gasteiger partial charge in [-0.1, -0.05) is 0 Å². The van der Waals surface area contributed by atoms with E-state index in [-0.39, 0.29) is 11.5 Å². The number of hydrogen-bond donors (Lipinski definition) is 2. The monoisotopic (exact) mass is 285 g/mol. The molecule has 0 saturated heterocycles. The van der Waals surface area contributed by atoms with Gasteiger partial charge in [-0.3, -0.25) is 4.72 Å². The Morgan fingerprint density at radius 1 is 1.47 bits per heavy atom. The summed E-state index contributed by atoms with van der Waals surface area (Å²) in [6.45, 7) is 1.63. The number of hydrogen-bond acceptors (Lipinski definition) is 5. The van der Waals surface area contributed by atoms with Gasteiger partial charge in [-0.2, -0.15) is 13.5 Å². The maximum absolute atomic E-state index is 13.5. The molecule has 0 atom stereocenters. The molecule has 0 aliphatic heterocycles. The van der Waals surface area contributed by atoms with Gasteiger partial charge in [-0.25, -0.2) is 14.1 Å². The Bertz CT molecular complexity index is 726. The first-order chi connectivity index (χ1) is 8.83. The number of nitrogen functional groups attached to an aromatic ring is 1. The van der Waals surface area contributed by atoms with Gasteiger partial charge in [-0.05, 0) is 19.1 Å². The van der Waals surface area contributed by atoms with Gasteiger partial charge < -0.3 is 5.73 Å². The Kier molecular flexibility index (Phi) is 3.14. The SMILES string of the molecule is Cc1nn(C)c(NS(=O)(=O)c2ncccc2F)c1N. The summed E-state index contributed by atoms with van der Waals surface area (Å²) < 4.78 is 41.0. The number of nitrogens with two attached hydrogens (primary N) is 1. The van der Waals surface area contributed by atoms with Gasteiger partial charge in [-0.15, -0.1) is 0 Å². The molecule has 2 heterocycles. The van der Waals surface area contributed by atoms with Crippen molar-refractivity contribution in [3.63, 3.8) is 0 Å². The van der Waals surface area contributed by atoms with Crippen LogP contribution in [0.25, 0.3) is 0 Å². The molecule has 3 N–H and O–H groups in total. The van der Waals surface area contributed by atoms with Crippen molar-refractivity contribution < 1.29 is 12.8 Å². The maximum atomic E-state index is 13.5. The lowest BCUT2D eigenvalue weighted by Crippen LogP contribution is -2.18. The van der Waals surface area contributed by atoms with Crippen LogP contribution in [0.2, 0.25) is 0 Å². The van der Waals surface area contributed by atoms with E-state index in [9.17, 15) is 12.8 Å². The van der Waals surface area contributed by atoms with E-state index in [4.69, 9.17) is 5.73 Å². The summed E-state index contributed by atoms with van der Waals surface area (Å²) in [6.07, 6.45) is 1.19. The molecule has 0 bridgehead atoms. The van der Waals surface area contributed by atoms with Crippen molar-refractivity contribution in [2.75, 3.05) is 10.5 Å². The highest BCUT2D eigenvalue weighted by molar-refractivity contribution is 7.92. The minimum Gasteiger partial charge on any atom is -0.394 e. The fraction of sp³-hybridized carbons (Fsp3) is 0.200. The molecule has 0 radical (unpaired) electrons. The zero-order chi connectivity index (χ0) is 14.2. The van der Waals surface area contributed by atoms with E-state index in [1.165, 1.54) is 24.0 Å². The molecule has 7 nitrogen and oxygen atoms in total. The van der Waals surface area contributed by atoms with E-state index >= 15 is 0 Å². The second kappa shape index (κ2) is 4.50. The zero-order valence-corrected chi connectivity index (χ0v) is 11.1.